The Balaban J connectivity index is 2.30. The second-order valence-electron chi connectivity index (χ2n) is 4.52. The Labute approximate surface area is 118 Å². The molecule has 0 aliphatic rings. The minimum atomic E-state index is -0.655. The second-order valence-corrected chi connectivity index (χ2v) is 5.37. The first-order valence-corrected chi connectivity index (χ1v) is 6.74. The number of hydrogen-bond acceptors (Lipinski definition) is 2. The van der Waals surface area contributed by atoms with Gasteiger partial charge in [-0.1, -0.05) is 13.8 Å². The van der Waals surface area contributed by atoms with Crippen LogP contribution in [0, 0.1) is 11.6 Å². The molecule has 1 aromatic heterocycles. The first kappa shape index (κ1) is 14.2. The molecule has 19 heavy (non-hydrogen) atoms. The maximum atomic E-state index is 13.9. The molecule has 0 unspecified atom stereocenters. The highest BCUT2D eigenvalue weighted by Gasteiger charge is 2.17. The van der Waals surface area contributed by atoms with Gasteiger partial charge in [0.05, 0.1) is 16.6 Å². The molecule has 0 saturated carbocycles. The summed E-state index contributed by atoms with van der Waals surface area (Å²) in [5, 5.41) is 3.18. The van der Waals surface area contributed by atoms with Gasteiger partial charge < -0.3 is 9.73 Å². The van der Waals surface area contributed by atoms with Gasteiger partial charge in [-0.15, -0.1) is 0 Å². The lowest BCUT2D eigenvalue weighted by Gasteiger charge is -2.06. The van der Waals surface area contributed by atoms with Gasteiger partial charge in [-0.05, 0) is 40.2 Å². The van der Waals surface area contributed by atoms with E-state index in [4.69, 9.17) is 4.42 Å². The van der Waals surface area contributed by atoms with Crippen molar-refractivity contribution < 1.29 is 13.2 Å². The minimum Gasteiger partial charge on any atom is -0.460 e. The van der Waals surface area contributed by atoms with Crippen LogP contribution in [0.5, 0.6) is 0 Å². The molecular weight excluding hydrogens is 316 g/mol. The summed E-state index contributed by atoms with van der Waals surface area (Å²) in [6.07, 6.45) is 0. The van der Waals surface area contributed by atoms with Crippen molar-refractivity contribution in [1.29, 1.82) is 0 Å². The van der Waals surface area contributed by atoms with Crippen LogP contribution in [-0.2, 0) is 6.54 Å². The normalized spacial score (nSPS) is 11.3. The zero-order chi connectivity index (χ0) is 14.0. The van der Waals surface area contributed by atoms with Crippen LogP contribution in [0.1, 0.15) is 19.6 Å². The average Bonchev–Trinajstić information content (AvgIpc) is 2.80. The number of halogens is 3. The molecule has 2 nitrogen and oxygen atoms in total. The van der Waals surface area contributed by atoms with Crippen LogP contribution in [0.4, 0.5) is 8.78 Å². The molecule has 2 aromatic rings. The molecule has 5 heteroatoms. The molecule has 1 aromatic carbocycles. The van der Waals surface area contributed by atoms with E-state index in [1.54, 1.807) is 12.1 Å². The van der Waals surface area contributed by atoms with Crippen LogP contribution in [0.2, 0.25) is 0 Å². The fourth-order valence-electron chi connectivity index (χ4n) is 1.66. The first-order valence-electron chi connectivity index (χ1n) is 5.95. The lowest BCUT2D eigenvalue weighted by molar-refractivity contribution is 0.467. The smallest absolute Gasteiger partial charge is 0.151 e. The van der Waals surface area contributed by atoms with E-state index in [1.165, 1.54) is 12.1 Å². The fraction of sp³-hybridized carbons (Fsp3) is 0.286. The molecule has 0 saturated heterocycles. The molecule has 0 bridgehead atoms. The third-order valence-corrected chi connectivity index (χ3v) is 3.25. The quantitative estimate of drug-likeness (QED) is 0.836. The van der Waals surface area contributed by atoms with E-state index in [1.807, 2.05) is 13.8 Å². The van der Waals surface area contributed by atoms with Crippen molar-refractivity contribution in [3.63, 3.8) is 0 Å². The molecule has 1 heterocycles. The van der Waals surface area contributed by atoms with Crippen molar-refractivity contribution in [2.75, 3.05) is 0 Å². The average molecular weight is 330 g/mol. The molecule has 102 valence electrons. The van der Waals surface area contributed by atoms with E-state index in [2.05, 4.69) is 21.2 Å². The summed E-state index contributed by atoms with van der Waals surface area (Å²) >= 11 is 3.04. The second kappa shape index (κ2) is 5.84. The predicted octanol–water partition coefficient (Wildman–Crippen LogP) is 4.49. The van der Waals surface area contributed by atoms with Crippen molar-refractivity contribution in [1.82, 2.24) is 5.32 Å². The van der Waals surface area contributed by atoms with E-state index in [-0.39, 0.29) is 15.8 Å². The summed E-state index contributed by atoms with van der Waals surface area (Å²) in [6, 6.07) is 6.14. The SMILES string of the molecule is CC(C)NCc1ccc(-c2c(F)ccc(Br)c2F)o1. The van der Waals surface area contributed by atoms with Crippen molar-refractivity contribution in [2.45, 2.75) is 26.4 Å². The number of rotatable bonds is 4. The minimum absolute atomic E-state index is 0.148. The Kier molecular flexibility index (Phi) is 4.37. The lowest BCUT2D eigenvalue weighted by Crippen LogP contribution is -2.21. The summed E-state index contributed by atoms with van der Waals surface area (Å²) in [7, 11) is 0. The Morgan fingerprint density at radius 3 is 2.63 bits per heavy atom. The molecule has 0 fully saturated rings. The van der Waals surface area contributed by atoms with Gasteiger partial charge >= 0.3 is 0 Å². The van der Waals surface area contributed by atoms with E-state index in [0.717, 1.165) is 0 Å². The molecule has 0 amide bonds. The van der Waals surface area contributed by atoms with Gasteiger partial charge in [0.25, 0.3) is 0 Å². The summed E-state index contributed by atoms with van der Waals surface area (Å²) in [4.78, 5) is 0. The topological polar surface area (TPSA) is 25.2 Å². The largest absolute Gasteiger partial charge is 0.460 e. The summed E-state index contributed by atoms with van der Waals surface area (Å²) in [6.45, 7) is 4.55. The molecular formula is C14H14BrF2NO. The van der Waals surface area contributed by atoms with Crippen LogP contribution < -0.4 is 5.32 Å². The number of nitrogens with one attached hydrogen (secondary N) is 1. The molecule has 0 atom stereocenters. The summed E-state index contributed by atoms with van der Waals surface area (Å²) in [5.74, 6) is -0.463. The molecule has 0 aliphatic heterocycles. The van der Waals surface area contributed by atoms with E-state index in [9.17, 15) is 8.78 Å². The van der Waals surface area contributed by atoms with Gasteiger partial charge in [0.1, 0.15) is 17.3 Å². The van der Waals surface area contributed by atoms with Crippen molar-refractivity contribution in [2.24, 2.45) is 0 Å². The Morgan fingerprint density at radius 1 is 1.21 bits per heavy atom. The number of furan rings is 1. The van der Waals surface area contributed by atoms with Gasteiger partial charge in [0.15, 0.2) is 5.82 Å². The van der Waals surface area contributed by atoms with Crippen molar-refractivity contribution in [3.8, 4) is 11.3 Å². The standard InChI is InChI=1S/C14H14BrF2NO/c1-8(2)18-7-9-3-6-12(19-9)13-11(16)5-4-10(15)14(13)17/h3-6,8,18H,7H2,1-2H3. The highest BCUT2D eigenvalue weighted by Crippen LogP contribution is 2.31. The van der Waals surface area contributed by atoms with Gasteiger partial charge in [0, 0.05) is 6.04 Å². The molecule has 2 rings (SSSR count). The monoisotopic (exact) mass is 329 g/mol. The maximum absolute atomic E-state index is 13.9. The van der Waals surface area contributed by atoms with Crippen LogP contribution in [0.15, 0.2) is 33.2 Å². The highest BCUT2D eigenvalue weighted by atomic mass is 79.9. The zero-order valence-electron chi connectivity index (χ0n) is 10.6. The van der Waals surface area contributed by atoms with E-state index < -0.39 is 11.6 Å². The lowest BCUT2D eigenvalue weighted by atomic mass is 10.1. The molecule has 1 N–H and O–H groups in total. The maximum Gasteiger partial charge on any atom is 0.151 e. The van der Waals surface area contributed by atoms with Crippen molar-refractivity contribution >= 4 is 15.9 Å². The Bertz CT molecular complexity index is 581. The van der Waals surface area contributed by atoms with Gasteiger partial charge in [-0.2, -0.15) is 0 Å². The zero-order valence-corrected chi connectivity index (χ0v) is 12.2. The molecule has 0 radical (unpaired) electrons. The van der Waals surface area contributed by atoms with Gasteiger partial charge in [-0.25, -0.2) is 8.78 Å². The predicted molar refractivity (Wildman–Crippen MR) is 73.7 cm³/mol. The van der Waals surface area contributed by atoms with Gasteiger partial charge in [0.2, 0.25) is 0 Å². The molecule has 0 aliphatic carbocycles. The van der Waals surface area contributed by atoms with E-state index >= 15 is 0 Å². The molecule has 0 spiro atoms. The Hall–Kier alpha value is -1.20. The third-order valence-electron chi connectivity index (χ3n) is 2.64. The number of hydrogen-bond donors (Lipinski definition) is 1. The van der Waals surface area contributed by atoms with Crippen LogP contribution in [-0.4, -0.2) is 6.04 Å². The fourth-order valence-corrected chi connectivity index (χ4v) is 2.00. The summed E-state index contributed by atoms with van der Waals surface area (Å²) < 4.78 is 33.3. The highest BCUT2D eigenvalue weighted by molar-refractivity contribution is 9.10. The third kappa shape index (κ3) is 3.22. The van der Waals surface area contributed by atoms with E-state index in [0.29, 0.717) is 18.3 Å². The first-order chi connectivity index (χ1) is 8.99. The van der Waals surface area contributed by atoms with Crippen LogP contribution >= 0.6 is 15.9 Å². The van der Waals surface area contributed by atoms with Crippen molar-refractivity contribution in [3.05, 3.63) is 46.1 Å². The van der Waals surface area contributed by atoms with Crippen LogP contribution in [0.3, 0.4) is 0 Å². The summed E-state index contributed by atoms with van der Waals surface area (Å²) in [5.41, 5.74) is -0.148. The number of benzene rings is 1. The Morgan fingerprint density at radius 2 is 1.95 bits per heavy atom. The van der Waals surface area contributed by atoms with Crippen LogP contribution in [0.25, 0.3) is 11.3 Å². The van der Waals surface area contributed by atoms with Gasteiger partial charge in [-0.3, -0.25) is 0 Å².